The highest BCUT2D eigenvalue weighted by atomic mass is 32.1. The zero-order chi connectivity index (χ0) is 25.6. The van der Waals surface area contributed by atoms with Crippen LogP contribution in [0.3, 0.4) is 0 Å². The van der Waals surface area contributed by atoms with Crippen molar-refractivity contribution in [2.75, 3.05) is 13.7 Å². The van der Waals surface area contributed by atoms with Crippen molar-refractivity contribution in [1.29, 1.82) is 0 Å². The summed E-state index contributed by atoms with van der Waals surface area (Å²) in [4.78, 5) is 49.0. The highest BCUT2D eigenvalue weighted by Crippen LogP contribution is 2.33. The SMILES string of the molecule is COc1ccc2c(c1)C(=O)N(C[C@@]1(c3ccc(-c4ccc(-c5nccs5)cn4)cc3)NC(=O)NC1=O)C2. The van der Waals surface area contributed by atoms with Gasteiger partial charge in [-0.1, -0.05) is 30.3 Å². The van der Waals surface area contributed by atoms with E-state index in [1.165, 1.54) is 0 Å². The quantitative estimate of drug-likeness (QED) is 0.383. The summed E-state index contributed by atoms with van der Waals surface area (Å²) in [5.41, 5.74) is 3.08. The van der Waals surface area contributed by atoms with E-state index in [9.17, 15) is 14.4 Å². The van der Waals surface area contributed by atoms with Gasteiger partial charge in [0.2, 0.25) is 0 Å². The number of carbonyl (C=O) groups excluding carboxylic acids is 3. The summed E-state index contributed by atoms with van der Waals surface area (Å²) in [5, 5.41) is 7.93. The fourth-order valence-electron chi connectivity index (χ4n) is 4.76. The molecule has 4 amide bonds. The average molecular weight is 512 g/mol. The number of methoxy groups -OCH3 is 1. The van der Waals surface area contributed by atoms with Gasteiger partial charge in [0.15, 0.2) is 5.54 Å². The molecule has 37 heavy (non-hydrogen) atoms. The van der Waals surface area contributed by atoms with E-state index in [-0.39, 0.29) is 12.5 Å². The summed E-state index contributed by atoms with van der Waals surface area (Å²) in [6, 6.07) is 15.9. The fourth-order valence-corrected chi connectivity index (χ4v) is 5.39. The van der Waals surface area contributed by atoms with E-state index in [4.69, 9.17) is 4.74 Å². The summed E-state index contributed by atoms with van der Waals surface area (Å²) in [6.07, 6.45) is 3.53. The lowest BCUT2D eigenvalue weighted by atomic mass is 9.88. The third-order valence-corrected chi connectivity index (χ3v) is 7.50. The Morgan fingerprint density at radius 1 is 1.03 bits per heavy atom. The van der Waals surface area contributed by atoms with Gasteiger partial charge in [0.05, 0.1) is 19.3 Å². The monoisotopic (exact) mass is 511 g/mol. The summed E-state index contributed by atoms with van der Waals surface area (Å²) < 4.78 is 5.25. The van der Waals surface area contributed by atoms with Crippen molar-refractivity contribution in [2.45, 2.75) is 12.1 Å². The molecule has 0 radical (unpaired) electrons. The topological polar surface area (TPSA) is 114 Å². The maximum Gasteiger partial charge on any atom is 0.322 e. The number of aromatic nitrogens is 2. The number of imide groups is 1. The van der Waals surface area contributed by atoms with Crippen LogP contribution < -0.4 is 15.4 Å². The summed E-state index contributed by atoms with van der Waals surface area (Å²) in [7, 11) is 1.54. The third-order valence-electron chi connectivity index (χ3n) is 6.68. The van der Waals surface area contributed by atoms with Gasteiger partial charge >= 0.3 is 6.03 Å². The van der Waals surface area contributed by atoms with Crippen molar-refractivity contribution in [3.63, 3.8) is 0 Å². The lowest BCUT2D eigenvalue weighted by Gasteiger charge is -2.31. The number of rotatable bonds is 6. The largest absolute Gasteiger partial charge is 0.497 e. The maximum absolute atomic E-state index is 13.2. The Hall–Kier alpha value is -4.57. The first-order chi connectivity index (χ1) is 18.0. The molecule has 0 spiro atoms. The lowest BCUT2D eigenvalue weighted by molar-refractivity contribution is -0.124. The predicted molar refractivity (Wildman–Crippen MR) is 137 cm³/mol. The fraction of sp³-hybridized carbons (Fsp3) is 0.148. The second-order valence-electron chi connectivity index (χ2n) is 8.84. The van der Waals surface area contributed by atoms with Crippen molar-refractivity contribution in [1.82, 2.24) is 25.5 Å². The minimum atomic E-state index is -1.42. The second kappa shape index (κ2) is 8.82. The van der Waals surface area contributed by atoms with E-state index in [0.717, 1.165) is 27.4 Å². The minimum Gasteiger partial charge on any atom is -0.497 e. The number of ether oxygens (including phenoxy) is 1. The number of pyridine rings is 1. The summed E-state index contributed by atoms with van der Waals surface area (Å²) in [5.74, 6) is -0.139. The summed E-state index contributed by atoms with van der Waals surface area (Å²) >= 11 is 1.55. The standard InChI is InChI=1S/C27H21N5O4S/c1-36-20-8-4-18-14-32(24(33)21(18)12-20)15-27(25(34)30-26(35)31-27)19-6-2-16(3-7-19)22-9-5-17(13-29-22)23-28-10-11-37-23/h2-13H,14-15H2,1H3,(H2,30,31,34,35)/t27-/m0/s1. The van der Waals surface area contributed by atoms with Crippen molar-refractivity contribution < 1.29 is 19.1 Å². The first kappa shape index (κ1) is 22.9. The van der Waals surface area contributed by atoms with Crippen LogP contribution in [0.2, 0.25) is 0 Å². The van der Waals surface area contributed by atoms with Crippen molar-refractivity contribution >= 4 is 29.2 Å². The smallest absolute Gasteiger partial charge is 0.322 e. The van der Waals surface area contributed by atoms with Crippen LogP contribution in [-0.2, 0) is 16.9 Å². The van der Waals surface area contributed by atoms with Crippen LogP contribution in [0.25, 0.3) is 21.8 Å². The number of urea groups is 1. The molecule has 0 unspecified atom stereocenters. The number of nitrogens with one attached hydrogen (secondary N) is 2. The zero-order valence-electron chi connectivity index (χ0n) is 19.7. The van der Waals surface area contributed by atoms with E-state index < -0.39 is 17.5 Å². The maximum atomic E-state index is 13.2. The molecule has 6 rings (SSSR count). The highest BCUT2D eigenvalue weighted by Gasteiger charge is 2.50. The number of hydrogen-bond acceptors (Lipinski definition) is 7. The molecule has 2 aliphatic rings. The minimum absolute atomic E-state index is 0.0134. The first-order valence-corrected chi connectivity index (χ1v) is 12.4. The van der Waals surface area contributed by atoms with E-state index in [2.05, 4.69) is 20.6 Å². The number of thiazole rings is 1. The Kier molecular flexibility index (Phi) is 5.45. The molecule has 0 aliphatic carbocycles. The Labute approximate surface area is 216 Å². The molecule has 2 aromatic heterocycles. The molecule has 184 valence electrons. The molecule has 10 heteroatoms. The van der Waals surface area contributed by atoms with Crippen LogP contribution in [0.1, 0.15) is 21.5 Å². The molecule has 0 bridgehead atoms. The van der Waals surface area contributed by atoms with Crippen LogP contribution in [-0.4, -0.2) is 46.4 Å². The number of benzene rings is 2. The van der Waals surface area contributed by atoms with E-state index in [0.29, 0.717) is 23.4 Å². The molecule has 4 aromatic rings. The van der Waals surface area contributed by atoms with Crippen molar-refractivity contribution in [2.24, 2.45) is 0 Å². The third kappa shape index (κ3) is 3.91. The molecule has 0 saturated carbocycles. The molecule has 2 N–H and O–H groups in total. The van der Waals surface area contributed by atoms with Crippen molar-refractivity contribution in [3.05, 3.63) is 89.1 Å². The van der Waals surface area contributed by atoms with E-state index >= 15 is 0 Å². The van der Waals surface area contributed by atoms with E-state index in [1.807, 2.05) is 35.7 Å². The molecule has 1 atom stereocenters. The summed E-state index contributed by atoms with van der Waals surface area (Å²) in [6.45, 7) is 0.316. The Balaban J connectivity index is 1.28. The Morgan fingerprint density at radius 3 is 2.49 bits per heavy atom. The van der Waals surface area contributed by atoms with Gasteiger partial charge in [-0.25, -0.2) is 9.78 Å². The molecule has 4 heterocycles. The number of fused-ring (bicyclic) bond motifs is 1. The van der Waals surface area contributed by atoms with Gasteiger partial charge in [0.25, 0.3) is 11.8 Å². The van der Waals surface area contributed by atoms with Crippen LogP contribution >= 0.6 is 11.3 Å². The molecule has 1 fully saturated rings. The molecular weight excluding hydrogens is 490 g/mol. The molecule has 9 nitrogen and oxygen atoms in total. The molecule has 2 aliphatic heterocycles. The van der Waals surface area contributed by atoms with Gasteiger partial charge in [-0.05, 0) is 35.4 Å². The van der Waals surface area contributed by atoms with Gasteiger partial charge < -0.3 is 15.0 Å². The van der Waals surface area contributed by atoms with Gasteiger partial charge in [0, 0.05) is 41.0 Å². The predicted octanol–water partition coefficient (Wildman–Crippen LogP) is 3.57. The first-order valence-electron chi connectivity index (χ1n) is 11.5. The van der Waals surface area contributed by atoms with Gasteiger partial charge in [-0.2, -0.15) is 0 Å². The average Bonchev–Trinajstić information content (AvgIpc) is 3.63. The Bertz CT molecular complexity index is 1520. The molecule has 2 aromatic carbocycles. The zero-order valence-corrected chi connectivity index (χ0v) is 20.5. The normalized spacial score (nSPS) is 18.5. The van der Waals surface area contributed by atoms with Gasteiger partial charge in [-0.15, -0.1) is 11.3 Å². The van der Waals surface area contributed by atoms with Crippen LogP contribution in [0.4, 0.5) is 4.79 Å². The van der Waals surface area contributed by atoms with Crippen LogP contribution in [0.15, 0.2) is 72.4 Å². The van der Waals surface area contributed by atoms with Gasteiger partial charge in [-0.3, -0.25) is 19.9 Å². The van der Waals surface area contributed by atoms with Gasteiger partial charge in [0.1, 0.15) is 10.8 Å². The van der Waals surface area contributed by atoms with Crippen LogP contribution in [0, 0.1) is 0 Å². The van der Waals surface area contributed by atoms with Crippen LogP contribution in [0.5, 0.6) is 5.75 Å². The lowest BCUT2D eigenvalue weighted by Crippen LogP contribution is -2.52. The number of amides is 4. The second-order valence-corrected chi connectivity index (χ2v) is 9.74. The number of carbonyl (C=O) groups is 3. The highest BCUT2D eigenvalue weighted by molar-refractivity contribution is 7.13. The number of nitrogens with zero attached hydrogens (tertiary/aromatic N) is 3. The van der Waals surface area contributed by atoms with E-state index in [1.54, 1.807) is 60.0 Å². The van der Waals surface area contributed by atoms with Crippen molar-refractivity contribution in [3.8, 4) is 27.6 Å². The molecular formula is C27H21N5O4S. The molecule has 1 saturated heterocycles. The number of hydrogen-bond donors (Lipinski definition) is 2. The Morgan fingerprint density at radius 2 is 1.84 bits per heavy atom.